The third kappa shape index (κ3) is 6.51. The second kappa shape index (κ2) is 12.7. The summed E-state index contributed by atoms with van der Waals surface area (Å²) >= 11 is 0. The average Bonchev–Trinajstić information content (AvgIpc) is 2.68. The van der Waals surface area contributed by atoms with Gasteiger partial charge in [-0.1, -0.05) is 6.92 Å². The van der Waals surface area contributed by atoms with Crippen molar-refractivity contribution in [1.82, 2.24) is 32.1 Å². The number of hydrogen-bond acceptors (Lipinski definition) is 9. The Morgan fingerprint density at radius 1 is 0.735 bits per heavy atom. The van der Waals surface area contributed by atoms with Crippen molar-refractivity contribution in [2.24, 2.45) is 0 Å². The average molecular weight is 538 g/mol. The third-order valence-electron chi connectivity index (χ3n) is 5.49. The zero-order valence-corrected chi connectivity index (χ0v) is 17.4. The molecule has 0 spiro atoms. The maximum Gasteiger partial charge on any atom is 0.140 e. The normalized spacial score (nSPS) is 22.2. The number of rotatable bonds is 15. The van der Waals surface area contributed by atoms with E-state index in [2.05, 4.69) is 0 Å². The van der Waals surface area contributed by atoms with Crippen molar-refractivity contribution >= 4 is 0 Å². The summed E-state index contributed by atoms with van der Waals surface area (Å²) in [6, 6.07) is -14.2. The Bertz CT molecular complexity index is 614. The smallest absolute Gasteiger partial charge is 0.140 e. The van der Waals surface area contributed by atoms with Gasteiger partial charge in [-0.05, 0) is 20.3 Å². The van der Waals surface area contributed by atoms with Crippen LogP contribution in [0.1, 0.15) is 27.2 Å². The second-order valence-electron chi connectivity index (χ2n) is 7.42. The zero-order chi connectivity index (χ0) is 27.3. The molecular formula is C13H22F12N6O3. The van der Waals surface area contributed by atoms with Crippen LogP contribution in [0.25, 0.3) is 0 Å². The van der Waals surface area contributed by atoms with E-state index in [4.69, 9.17) is 0 Å². The highest BCUT2D eigenvalue weighted by molar-refractivity contribution is 5.17. The van der Waals surface area contributed by atoms with Gasteiger partial charge in [0.05, 0.1) is 18.7 Å². The first kappa shape index (κ1) is 32.8. The molecule has 34 heavy (non-hydrogen) atoms. The fraction of sp³-hybridized carbons (Fsp3) is 1.00. The van der Waals surface area contributed by atoms with E-state index in [1.54, 1.807) is 0 Å². The molecule has 0 saturated heterocycles. The van der Waals surface area contributed by atoms with Crippen molar-refractivity contribution in [3.05, 3.63) is 0 Å². The Kier molecular flexibility index (Phi) is 12.2. The lowest BCUT2D eigenvalue weighted by Gasteiger charge is -2.53. The highest BCUT2D eigenvalue weighted by atomic mass is 19.4. The Labute approximate surface area is 183 Å². The number of halogens is 12. The van der Waals surface area contributed by atoms with Crippen LogP contribution in [0, 0.1) is 0 Å². The maximum absolute atomic E-state index is 13.9. The van der Waals surface area contributed by atoms with Crippen LogP contribution < -0.4 is 0 Å². The minimum atomic E-state index is -4.92. The van der Waals surface area contributed by atoms with Crippen molar-refractivity contribution in [1.29, 1.82) is 0 Å². The van der Waals surface area contributed by atoms with Gasteiger partial charge in [-0.25, -0.2) is 0 Å². The van der Waals surface area contributed by atoms with Crippen LogP contribution in [0.2, 0.25) is 0 Å². The van der Waals surface area contributed by atoms with Crippen molar-refractivity contribution in [2.75, 3.05) is 6.54 Å². The Morgan fingerprint density at radius 3 is 1.44 bits per heavy atom. The van der Waals surface area contributed by atoms with E-state index in [1.165, 1.54) is 0 Å². The summed E-state index contributed by atoms with van der Waals surface area (Å²) in [7, 11) is 0. The molecule has 206 valence electrons. The van der Waals surface area contributed by atoms with Gasteiger partial charge in [0.2, 0.25) is 0 Å². The van der Waals surface area contributed by atoms with Gasteiger partial charge in [-0.2, -0.15) is 0 Å². The van der Waals surface area contributed by atoms with E-state index in [1.807, 2.05) is 0 Å². The summed E-state index contributed by atoms with van der Waals surface area (Å²) in [6.07, 6.45) is -7.55. The van der Waals surface area contributed by atoms with Crippen molar-refractivity contribution < 1.29 is 69.1 Å². The van der Waals surface area contributed by atoms with Crippen molar-refractivity contribution in [2.45, 2.75) is 74.7 Å². The van der Waals surface area contributed by atoms with E-state index in [-0.39, 0.29) is 13.8 Å². The van der Waals surface area contributed by atoms with Crippen LogP contribution in [0.5, 0.6) is 0 Å². The molecule has 3 N–H and O–H groups in total. The largest absolute Gasteiger partial charge is 0.391 e. The molecular weight excluding hydrogens is 516 g/mol. The van der Waals surface area contributed by atoms with E-state index in [0.717, 1.165) is 6.92 Å². The first-order chi connectivity index (χ1) is 15.3. The molecule has 0 aromatic rings. The highest BCUT2D eigenvalue weighted by Crippen LogP contribution is 2.44. The van der Waals surface area contributed by atoms with E-state index in [9.17, 15) is 69.1 Å². The number of hydrogen-bond donors (Lipinski definition) is 3. The fourth-order valence-electron chi connectivity index (χ4n) is 3.48. The highest BCUT2D eigenvalue weighted by Gasteiger charge is 2.70. The van der Waals surface area contributed by atoms with Crippen molar-refractivity contribution in [3.8, 4) is 0 Å². The topological polar surface area (TPSA) is 80.1 Å². The molecule has 0 heterocycles. The van der Waals surface area contributed by atoms with Crippen LogP contribution in [0.15, 0.2) is 0 Å². The minimum absolute atomic E-state index is 0.170. The molecule has 0 rings (SSSR count). The Balaban J connectivity index is 7.48. The van der Waals surface area contributed by atoms with Gasteiger partial charge in [-0.15, -0.1) is 53.8 Å². The quantitative estimate of drug-likeness (QED) is 0.215. The summed E-state index contributed by atoms with van der Waals surface area (Å²) in [4.78, 5) is 0. The molecule has 9 nitrogen and oxygen atoms in total. The number of nitrogens with zero attached hydrogens (tertiary/aromatic N) is 6. The van der Waals surface area contributed by atoms with Crippen LogP contribution >= 0.6 is 0 Å². The molecule has 0 saturated carbocycles. The van der Waals surface area contributed by atoms with Gasteiger partial charge in [-0.3, -0.25) is 0 Å². The predicted octanol–water partition coefficient (Wildman–Crippen LogP) is 2.53. The van der Waals surface area contributed by atoms with Crippen molar-refractivity contribution in [3.63, 3.8) is 0 Å². The van der Waals surface area contributed by atoms with E-state index in [0.29, 0.717) is 0 Å². The monoisotopic (exact) mass is 538 g/mol. The molecule has 0 fully saturated rings. The number of aliphatic hydroxyl groups is 3. The van der Waals surface area contributed by atoms with E-state index >= 15 is 0 Å². The Hall–Kier alpha value is -1.20. The molecule has 21 heteroatoms. The summed E-state index contributed by atoms with van der Waals surface area (Å²) in [5, 5.41) is 17.1. The standard InChI is InChI=1S/C13H22F12N6O3/c1-4-7(32)9(29(20)21)10(30(22)23)13(34,12(3,31(24)25)5-26(14)15)11(33)8(28(18)19)6(2)27(16)17/h6-11,32-34H,4-5H2,1-3H3. The summed E-state index contributed by atoms with van der Waals surface area (Å²) in [5.41, 5.74) is -9.26. The molecule has 0 aliphatic rings. The summed E-state index contributed by atoms with van der Waals surface area (Å²) in [6.45, 7) is -1.75. The Morgan fingerprint density at radius 2 is 1.18 bits per heavy atom. The maximum atomic E-state index is 13.9. The SMILES string of the molecule is CCC(O)C(C(N(F)F)C(O)(C(O)C(C(C)N(F)F)N(F)F)C(C)(CN(F)F)N(F)F)N(F)F. The van der Waals surface area contributed by atoms with Gasteiger partial charge in [0.1, 0.15) is 35.4 Å². The third-order valence-corrected chi connectivity index (χ3v) is 5.49. The lowest BCUT2D eigenvalue weighted by Crippen LogP contribution is -2.80. The van der Waals surface area contributed by atoms with Gasteiger partial charge in [0.15, 0.2) is 0 Å². The second-order valence-corrected chi connectivity index (χ2v) is 7.42. The molecule has 8 unspecified atom stereocenters. The van der Waals surface area contributed by atoms with Crippen LogP contribution in [0.4, 0.5) is 53.8 Å². The summed E-state index contributed by atoms with van der Waals surface area (Å²) < 4.78 is 161. The molecule has 0 aliphatic carbocycles. The molecule has 8 atom stereocenters. The lowest BCUT2D eigenvalue weighted by atomic mass is 9.67. The van der Waals surface area contributed by atoms with Crippen LogP contribution in [0.3, 0.4) is 0 Å². The van der Waals surface area contributed by atoms with Crippen LogP contribution in [-0.2, 0) is 0 Å². The summed E-state index contributed by atoms with van der Waals surface area (Å²) in [5.74, 6) is 0. The first-order valence-corrected chi connectivity index (χ1v) is 9.05. The first-order valence-electron chi connectivity index (χ1n) is 9.05. The minimum Gasteiger partial charge on any atom is -0.391 e. The molecule has 0 aliphatic heterocycles. The molecule has 0 bridgehead atoms. The zero-order valence-electron chi connectivity index (χ0n) is 17.4. The molecule has 0 radical (unpaired) electrons. The van der Waals surface area contributed by atoms with E-state index < -0.39 is 92.5 Å². The van der Waals surface area contributed by atoms with Gasteiger partial charge in [0, 0.05) is 32.1 Å². The molecule has 0 amide bonds. The molecule has 0 aromatic carbocycles. The number of aliphatic hydroxyl groups excluding tert-OH is 2. The van der Waals surface area contributed by atoms with Gasteiger partial charge >= 0.3 is 0 Å². The fourth-order valence-corrected chi connectivity index (χ4v) is 3.48. The molecule has 0 aromatic heterocycles. The van der Waals surface area contributed by atoms with Gasteiger partial charge in [0.25, 0.3) is 0 Å². The van der Waals surface area contributed by atoms with Crippen LogP contribution in [-0.4, -0.2) is 101 Å². The predicted molar refractivity (Wildman–Crippen MR) is 85.7 cm³/mol. The lowest BCUT2D eigenvalue weighted by molar-refractivity contribution is -0.384. The van der Waals surface area contributed by atoms with Gasteiger partial charge < -0.3 is 15.3 Å².